The summed E-state index contributed by atoms with van der Waals surface area (Å²) in [5.74, 6) is 0. The van der Waals surface area contributed by atoms with Crippen LogP contribution in [-0.2, 0) is 0 Å². The molecule has 4 rings (SSSR count). The molecule has 0 atom stereocenters. The molecule has 0 heterocycles. The van der Waals surface area contributed by atoms with Gasteiger partial charge in [-0.15, -0.1) is 0 Å². The van der Waals surface area contributed by atoms with Crippen molar-refractivity contribution in [3.63, 3.8) is 0 Å². The van der Waals surface area contributed by atoms with Gasteiger partial charge in [0.2, 0.25) is 0 Å². The second kappa shape index (κ2) is 7.76. The van der Waals surface area contributed by atoms with Gasteiger partial charge in [0.25, 0.3) is 0 Å². The van der Waals surface area contributed by atoms with Gasteiger partial charge in [-0.2, -0.15) is 0 Å². The molecule has 0 bridgehead atoms. The highest BCUT2D eigenvalue weighted by Gasteiger charge is 2.01. The fraction of sp³-hybridized carbons (Fsp3) is 0. The van der Waals surface area contributed by atoms with Crippen molar-refractivity contribution < 1.29 is 0 Å². The molecule has 4 aromatic carbocycles. The monoisotopic (exact) mass is 366 g/mol. The minimum absolute atomic E-state index is 0.744. The first-order valence-corrected chi connectivity index (χ1v) is 9.11. The third-order valence-electron chi connectivity index (χ3n) is 4.45. The van der Waals surface area contributed by atoms with Gasteiger partial charge in [0.15, 0.2) is 0 Å². The molecule has 28 heavy (non-hydrogen) atoms. The summed E-state index contributed by atoms with van der Waals surface area (Å²) >= 11 is 0. The normalized spacial score (nSPS) is 10.4. The highest BCUT2D eigenvalue weighted by Crippen LogP contribution is 2.26. The van der Waals surface area contributed by atoms with Crippen LogP contribution < -0.4 is 22.1 Å². The molecule has 0 aromatic heterocycles. The number of rotatable bonds is 5. The van der Waals surface area contributed by atoms with Crippen molar-refractivity contribution in [3.8, 4) is 11.1 Å². The van der Waals surface area contributed by atoms with E-state index in [0.717, 1.165) is 45.3 Å². The van der Waals surface area contributed by atoms with Crippen molar-refractivity contribution >= 4 is 34.1 Å². The SMILES string of the molecule is Nc1cccc(Nc2ccc(-c3ccc(Nc4cccc(N)c4)cc3)cc2)c1. The molecule has 0 unspecified atom stereocenters. The van der Waals surface area contributed by atoms with Crippen LogP contribution in [0.25, 0.3) is 11.1 Å². The van der Waals surface area contributed by atoms with Crippen molar-refractivity contribution in [2.45, 2.75) is 0 Å². The van der Waals surface area contributed by atoms with Gasteiger partial charge in [-0.3, -0.25) is 0 Å². The Morgan fingerprint density at radius 1 is 0.429 bits per heavy atom. The topological polar surface area (TPSA) is 76.1 Å². The number of nitrogens with one attached hydrogen (secondary N) is 2. The summed E-state index contributed by atoms with van der Waals surface area (Å²) in [6.07, 6.45) is 0. The average molecular weight is 366 g/mol. The van der Waals surface area contributed by atoms with Gasteiger partial charge in [-0.05, 0) is 71.8 Å². The first-order chi connectivity index (χ1) is 13.7. The standard InChI is InChI=1S/C24H22N4/c25-19-3-1-5-23(15-19)27-21-11-7-17(8-12-21)18-9-13-22(14-10-18)28-24-6-2-4-20(26)16-24/h1-16,27-28H,25-26H2. The second-order valence-corrected chi connectivity index (χ2v) is 6.66. The summed E-state index contributed by atoms with van der Waals surface area (Å²) in [5.41, 5.74) is 19.5. The third-order valence-corrected chi connectivity index (χ3v) is 4.45. The maximum absolute atomic E-state index is 5.83. The lowest BCUT2D eigenvalue weighted by molar-refractivity contribution is 1.52. The number of hydrogen-bond acceptors (Lipinski definition) is 4. The summed E-state index contributed by atoms with van der Waals surface area (Å²) in [4.78, 5) is 0. The molecule has 4 heteroatoms. The van der Waals surface area contributed by atoms with Crippen LogP contribution in [0.1, 0.15) is 0 Å². The molecular formula is C24H22N4. The molecule has 0 radical (unpaired) electrons. The second-order valence-electron chi connectivity index (χ2n) is 6.66. The van der Waals surface area contributed by atoms with E-state index in [1.807, 2.05) is 48.5 Å². The van der Waals surface area contributed by atoms with Crippen LogP contribution in [-0.4, -0.2) is 0 Å². The predicted molar refractivity (Wildman–Crippen MR) is 120 cm³/mol. The van der Waals surface area contributed by atoms with Gasteiger partial charge in [0.05, 0.1) is 0 Å². The first-order valence-electron chi connectivity index (χ1n) is 9.11. The van der Waals surface area contributed by atoms with Crippen LogP contribution in [0.2, 0.25) is 0 Å². The fourth-order valence-corrected chi connectivity index (χ4v) is 3.06. The highest BCUT2D eigenvalue weighted by atomic mass is 14.9. The van der Waals surface area contributed by atoms with E-state index < -0.39 is 0 Å². The summed E-state index contributed by atoms with van der Waals surface area (Å²) in [7, 11) is 0. The zero-order valence-corrected chi connectivity index (χ0v) is 15.4. The van der Waals surface area contributed by atoms with Crippen LogP contribution in [0.4, 0.5) is 34.1 Å². The Labute approximate surface area is 164 Å². The molecule has 0 aliphatic heterocycles. The van der Waals surface area contributed by atoms with E-state index in [1.165, 1.54) is 0 Å². The predicted octanol–water partition coefficient (Wildman–Crippen LogP) is 6.01. The lowest BCUT2D eigenvalue weighted by atomic mass is 10.0. The maximum Gasteiger partial charge on any atom is 0.0404 e. The van der Waals surface area contributed by atoms with E-state index >= 15 is 0 Å². The van der Waals surface area contributed by atoms with Gasteiger partial charge in [0, 0.05) is 34.1 Å². The smallest absolute Gasteiger partial charge is 0.0404 e. The van der Waals surface area contributed by atoms with E-state index in [-0.39, 0.29) is 0 Å². The molecule has 0 amide bonds. The zero-order chi connectivity index (χ0) is 19.3. The van der Waals surface area contributed by atoms with E-state index in [9.17, 15) is 0 Å². The Balaban J connectivity index is 1.45. The molecule has 0 aliphatic rings. The lowest BCUT2D eigenvalue weighted by Crippen LogP contribution is -1.93. The Bertz CT molecular complexity index is 981. The van der Waals surface area contributed by atoms with Crippen molar-refractivity contribution in [1.29, 1.82) is 0 Å². The molecule has 0 aliphatic carbocycles. The van der Waals surface area contributed by atoms with Crippen molar-refractivity contribution in [1.82, 2.24) is 0 Å². The lowest BCUT2D eigenvalue weighted by Gasteiger charge is -2.10. The fourth-order valence-electron chi connectivity index (χ4n) is 3.06. The van der Waals surface area contributed by atoms with Crippen molar-refractivity contribution in [2.24, 2.45) is 0 Å². The van der Waals surface area contributed by atoms with Gasteiger partial charge >= 0.3 is 0 Å². The minimum Gasteiger partial charge on any atom is -0.399 e. The minimum atomic E-state index is 0.744. The van der Waals surface area contributed by atoms with E-state index in [2.05, 4.69) is 59.2 Å². The summed E-state index contributed by atoms with van der Waals surface area (Å²) < 4.78 is 0. The zero-order valence-electron chi connectivity index (χ0n) is 15.4. The van der Waals surface area contributed by atoms with Crippen molar-refractivity contribution in [3.05, 3.63) is 97.1 Å². The summed E-state index contributed by atoms with van der Waals surface area (Å²) in [6.45, 7) is 0. The molecule has 0 spiro atoms. The highest BCUT2D eigenvalue weighted by molar-refractivity contribution is 5.72. The number of nitrogen functional groups attached to an aromatic ring is 2. The van der Waals surface area contributed by atoms with Crippen molar-refractivity contribution in [2.75, 3.05) is 22.1 Å². The van der Waals surface area contributed by atoms with Crippen LogP contribution in [0.3, 0.4) is 0 Å². The molecule has 0 fully saturated rings. The summed E-state index contributed by atoms with van der Waals surface area (Å²) in [6, 6.07) is 32.1. The molecule has 138 valence electrons. The molecule has 0 saturated carbocycles. The Morgan fingerprint density at radius 2 is 0.821 bits per heavy atom. The maximum atomic E-state index is 5.83. The third kappa shape index (κ3) is 4.24. The van der Waals surface area contributed by atoms with Gasteiger partial charge < -0.3 is 22.1 Å². The molecule has 4 nitrogen and oxygen atoms in total. The molecular weight excluding hydrogens is 344 g/mol. The molecule has 6 N–H and O–H groups in total. The number of nitrogens with two attached hydrogens (primary N) is 2. The number of benzene rings is 4. The van der Waals surface area contributed by atoms with E-state index in [4.69, 9.17) is 11.5 Å². The quantitative estimate of drug-likeness (QED) is 0.327. The van der Waals surface area contributed by atoms with Crippen LogP contribution in [0, 0.1) is 0 Å². The van der Waals surface area contributed by atoms with Gasteiger partial charge in [0.1, 0.15) is 0 Å². The number of anilines is 6. The van der Waals surface area contributed by atoms with E-state index in [1.54, 1.807) is 0 Å². The van der Waals surface area contributed by atoms with Crippen LogP contribution in [0.15, 0.2) is 97.1 Å². The Hall–Kier alpha value is -3.92. The molecule has 4 aromatic rings. The Morgan fingerprint density at radius 3 is 1.18 bits per heavy atom. The van der Waals surface area contributed by atoms with Gasteiger partial charge in [-0.25, -0.2) is 0 Å². The summed E-state index contributed by atoms with van der Waals surface area (Å²) in [5, 5.41) is 6.73. The molecule has 0 saturated heterocycles. The van der Waals surface area contributed by atoms with Gasteiger partial charge in [-0.1, -0.05) is 36.4 Å². The largest absolute Gasteiger partial charge is 0.399 e. The first kappa shape index (κ1) is 17.5. The average Bonchev–Trinajstić information content (AvgIpc) is 2.69. The van der Waals surface area contributed by atoms with Crippen LogP contribution in [0.5, 0.6) is 0 Å². The van der Waals surface area contributed by atoms with E-state index in [0.29, 0.717) is 0 Å². The Kier molecular flexibility index (Phi) is 4.85. The van der Waals surface area contributed by atoms with Crippen LogP contribution >= 0.6 is 0 Å². The number of hydrogen-bond donors (Lipinski definition) is 4.